The average Bonchev–Trinajstić information content (AvgIpc) is 1.98. The lowest BCUT2D eigenvalue weighted by atomic mass is 10.4. The van der Waals surface area contributed by atoms with Gasteiger partial charge >= 0.3 is 5.37 Å². The topological polar surface area (TPSA) is 29.5 Å². The van der Waals surface area contributed by atoms with Crippen molar-refractivity contribution in [2.24, 2.45) is 0 Å². The lowest BCUT2D eigenvalue weighted by molar-refractivity contribution is 0.0122. The highest BCUT2D eigenvalue weighted by Gasteiger charge is 2.15. The minimum atomic E-state index is -0.457. The second-order valence-corrected chi connectivity index (χ2v) is 2.60. The predicted molar refractivity (Wildman–Crippen MR) is 44.7 cm³/mol. The van der Waals surface area contributed by atoms with E-state index in [2.05, 4.69) is 0 Å². The smallest absolute Gasteiger partial charge is 0.318 e. The maximum absolute atomic E-state index is 10.7. The molecule has 4 heteroatoms. The largest absolute Gasteiger partial charge is 0.362 e. The summed E-state index contributed by atoms with van der Waals surface area (Å²) in [4.78, 5) is 12.2. The number of rotatable bonds is 4. The van der Waals surface area contributed by atoms with Gasteiger partial charge in [0.05, 0.1) is 0 Å². The van der Waals surface area contributed by atoms with Crippen LogP contribution in [0.2, 0.25) is 0 Å². The van der Waals surface area contributed by atoms with Crippen LogP contribution in [0.4, 0.5) is 4.79 Å². The maximum Gasteiger partial charge on any atom is 0.318 e. The van der Waals surface area contributed by atoms with Crippen LogP contribution in [0.3, 0.4) is 0 Å². The summed E-state index contributed by atoms with van der Waals surface area (Å²) in [5.41, 5.74) is 0. The molecule has 0 aromatic heterocycles. The lowest BCUT2D eigenvalue weighted by Gasteiger charge is -2.24. The number of carbonyl (C=O) groups excluding carboxylic acids is 1. The second-order valence-electron chi connectivity index (χ2n) is 2.28. The van der Waals surface area contributed by atoms with Gasteiger partial charge in [-0.25, -0.2) is 0 Å². The fraction of sp³-hybridized carbons (Fsp3) is 0.857. The zero-order valence-electron chi connectivity index (χ0n) is 7.13. The lowest BCUT2D eigenvalue weighted by Crippen LogP contribution is -2.36. The normalized spacial score (nSPS) is 12.7. The number of halogens is 1. The highest BCUT2D eigenvalue weighted by Crippen LogP contribution is 2.04. The molecule has 0 aliphatic rings. The molecular formula is C7H14ClNO2. The molecule has 0 aromatic carbocycles. The molecule has 1 atom stereocenters. The number of hydrogen-bond acceptors (Lipinski definition) is 2. The minimum Gasteiger partial charge on any atom is -0.362 e. The quantitative estimate of drug-likeness (QED) is 0.376. The van der Waals surface area contributed by atoms with Crippen molar-refractivity contribution < 1.29 is 9.53 Å². The van der Waals surface area contributed by atoms with Crippen LogP contribution in [-0.2, 0) is 4.74 Å². The number of nitrogens with zero attached hydrogens (tertiary/aromatic N) is 1. The van der Waals surface area contributed by atoms with E-state index >= 15 is 0 Å². The van der Waals surface area contributed by atoms with Crippen molar-refractivity contribution in [3.05, 3.63) is 0 Å². The molecule has 3 nitrogen and oxygen atoms in total. The number of methoxy groups -OCH3 is 1. The van der Waals surface area contributed by atoms with Crippen LogP contribution in [0.15, 0.2) is 0 Å². The SMILES string of the molecule is CCCN(C(=O)Cl)C(C)OC. The van der Waals surface area contributed by atoms with E-state index in [1.807, 2.05) is 6.92 Å². The van der Waals surface area contributed by atoms with Crippen LogP contribution in [0.5, 0.6) is 0 Å². The van der Waals surface area contributed by atoms with Gasteiger partial charge in [-0.05, 0) is 24.9 Å². The summed E-state index contributed by atoms with van der Waals surface area (Å²) in [7, 11) is 1.55. The van der Waals surface area contributed by atoms with Crippen molar-refractivity contribution in [3.8, 4) is 0 Å². The van der Waals surface area contributed by atoms with Crippen LogP contribution >= 0.6 is 11.6 Å². The first kappa shape index (κ1) is 10.7. The first-order chi connectivity index (χ1) is 5.13. The predicted octanol–water partition coefficient (Wildman–Crippen LogP) is 2.05. The molecular weight excluding hydrogens is 166 g/mol. The molecule has 0 N–H and O–H groups in total. The van der Waals surface area contributed by atoms with Gasteiger partial charge in [0.15, 0.2) is 0 Å². The van der Waals surface area contributed by atoms with E-state index in [9.17, 15) is 4.79 Å². The maximum atomic E-state index is 10.7. The van der Waals surface area contributed by atoms with E-state index < -0.39 is 5.37 Å². The third-order valence-corrected chi connectivity index (χ3v) is 1.69. The first-order valence-electron chi connectivity index (χ1n) is 3.62. The standard InChI is InChI=1S/C7H14ClNO2/c1-4-5-9(7(8)10)6(2)11-3/h6H,4-5H2,1-3H3. The van der Waals surface area contributed by atoms with Crippen molar-refractivity contribution in [2.75, 3.05) is 13.7 Å². The molecule has 0 saturated carbocycles. The Kier molecular flexibility index (Phi) is 5.24. The molecule has 0 fully saturated rings. The third-order valence-electron chi connectivity index (χ3n) is 1.47. The molecule has 0 heterocycles. The second kappa shape index (κ2) is 5.38. The Labute approximate surface area is 72.3 Å². The molecule has 0 rings (SSSR count). The molecule has 0 spiro atoms. The van der Waals surface area contributed by atoms with Gasteiger partial charge in [0.25, 0.3) is 0 Å². The minimum absolute atomic E-state index is 0.236. The summed E-state index contributed by atoms with van der Waals surface area (Å²) < 4.78 is 4.95. The van der Waals surface area contributed by atoms with Crippen molar-refractivity contribution in [3.63, 3.8) is 0 Å². The van der Waals surface area contributed by atoms with Crippen LogP contribution in [0.1, 0.15) is 20.3 Å². The number of carbonyl (C=O) groups is 1. The van der Waals surface area contributed by atoms with Gasteiger partial charge in [-0.3, -0.25) is 4.79 Å². The Bertz CT molecular complexity index is 130. The zero-order valence-corrected chi connectivity index (χ0v) is 7.89. The van der Waals surface area contributed by atoms with Crippen molar-refractivity contribution in [2.45, 2.75) is 26.5 Å². The van der Waals surface area contributed by atoms with Gasteiger partial charge in [-0.1, -0.05) is 6.92 Å². The van der Waals surface area contributed by atoms with Crippen LogP contribution in [-0.4, -0.2) is 30.1 Å². The Morgan fingerprint density at radius 2 is 2.27 bits per heavy atom. The highest BCUT2D eigenvalue weighted by molar-refractivity contribution is 6.62. The van der Waals surface area contributed by atoms with E-state index in [4.69, 9.17) is 16.3 Å². The van der Waals surface area contributed by atoms with E-state index in [1.54, 1.807) is 14.0 Å². The Morgan fingerprint density at radius 3 is 2.55 bits per heavy atom. The molecule has 66 valence electrons. The summed E-state index contributed by atoms with van der Waals surface area (Å²) >= 11 is 5.30. The van der Waals surface area contributed by atoms with E-state index in [1.165, 1.54) is 4.90 Å². The monoisotopic (exact) mass is 179 g/mol. The van der Waals surface area contributed by atoms with Gasteiger partial charge in [0.2, 0.25) is 0 Å². The Morgan fingerprint density at radius 1 is 1.73 bits per heavy atom. The van der Waals surface area contributed by atoms with Crippen LogP contribution in [0.25, 0.3) is 0 Å². The van der Waals surface area contributed by atoms with Crippen molar-refractivity contribution in [1.82, 2.24) is 4.90 Å². The molecule has 0 bridgehead atoms. The number of amides is 1. The number of hydrogen-bond donors (Lipinski definition) is 0. The summed E-state index contributed by atoms with van der Waals surface area (Å²) in [6.07, 6.45) is 0.645. The van der Waals surface area contributed by atoms with Gasteiger partial charge < -0.3 is 9.64 Å². The molecule has 0 aliphatic heterocycles. The first-order valence-corrected chi connectivity index (χ1v) is 4.00. The summed E-state index contributed by atoms with van der Waals surface area (Å²) in [5.74, 6) is 0. The molecule has 0 saturated heterocycles. The van der Waals surface area contributed by atoms with Gasteiger partial charge in [0.1, 0.15) is 6.23 Å². The molecule has 1 amide bonds. The Hall–Kier alpha value is -0.280. The third kappa shape index (κ3) is 3.58. The van der Waals surface area contributed by atoms with Gasteiger partial charge in [-0.15, -0.1) is 0 Å². The molecule has 0 radical (unpaired) electrons. The average molecular weight is 180 g/mol. The highest BCUT2D eigenvalue weighted by atomic mass is 35.5. The van der Waals surface area contributed by atoms with Crippen LogP contribution in [0, 0.1) is 0 Å². The van der Waals surface area contributed by atoms with Gasteiger partial charge in [-0.2, -0.15) is 0 Å². The van der Waals surface area contributed by atoms with Crippen molar-refractivity contribution >= 4 is 17.0 Å². The zero-order chi connectivity index (χ0) is 8.85. The molecule has 1 unspecified atom stereocenters. The molecule has 0 aliphatic carbocycles. The fourth-order valence-electron chi connectivity index (χ4n) is 0.781. The summed E-state index contributed by atoms with van der Waals surface area (Å²) in [6.45, 7) is 4.41. The molecule has 0 aromatic rings. The molecule has 11 heavy (non-hydrogen) atoms. The van der Waals surface area contributed by atoms with Gasteiger partial charge in [0, 0.05) is 13.7 Å². The Balaban J connectivity index is 3.97. The van der Waals surface area contributed by atoms with E-state index in [-0.39, 0.29) is 6.23 Å². The van der Waals surface area contributed by atoms with Crippen LogP contribution < -0.4 is 0 Å². The number of ether oxygens (including phenoxy) is 1. The summed E-state index contributed by atoms with van der Waals surface area (Å²) in [6, 6.07) is 0. The fourth-order valence-corrected chi connectivity index (χ4v) is 1.00. The summed E-state index contributed by atoms with van der Waals surface area (Å²) in [5, 5.41) is -0.457. The van der Waals surface area contributed by atoms with E-state index in [0.717, 1.165) is 6.42 Å². The van der Waals surface area contributed by atoms with E-state index in [0.29, 0.717) is 6.54 Å². The van der Waals surface area contributed by atoms with Crippen molar-refractivity contribution in [1.29, 1.82) is 0 Å².